The summed E-state index contributed by atoms with van der Waals surface area (Å²) in [6.45, 7) is 8.52. The number of hydrogen-bond donors (Lipinski definition) is 0. The molecule has 1 saturated heterocycles. The molecule has 2 heterocycles. The molecule has 1 aromatic heterocycles. The first-order valence-corrected chi connectivity index (χ1v) is 8.06. The van der Waals surface area contributed by atoms with Gasteiger partial charge in [0.05, 0.1) is 6.10 Å². The molecule has 0 atom stereocenters. The van der Waals surface area contributed by atoms with Crippen LogP contribution in [0.1, 0.15) is 30.0 Å². The Morgan fingerprint density at radius 1 is 1.30 bits per heavy atom. The number of hydrogen-bond acceptors (Lipinski definition) is 3. The Morgan fingerprint density at radius 3 is 2.57 bits per heavy atom. The van der Waals surface area contributed by atoms with Crippen LogP contribution >= 0.6 is 0 Å². The summed E-state index contributed by atoms with van der Waals surface area (Å²) in [7, 11) is 0. The minimum atomic E-state index is 0.0969. The minimum Gasteiger partial charge on any atom is -0.491 e. The maximum absolute atomic E-state index is 12.4. The molecule has 5 heteroatoms. The van der Waals surface area contributed by atoms with E-state index >= 15 is 0 Å². The maximum Gasteiger partial charge on any atom is 0.253 e. The van der Waals surface area contributed by atoms with Crippen molar-refractivity contribution in [3.05, 3.63) is 48.0 Å². The summed E-state index contributed by atoms with van der Waals surface area (Å²) in [5, 5.41) is 0. The Labute approximate surface area is 136 Å². The highest BCUT2D eigenvalue weighted by atomic mass is 16.5. The van der Waals surface area contributed by atoms with Crippen LogP contribution in [0.5, 0.6) is 5.75 Å². The van der Waals surface area contributed by atoms with Crippen LogP contribution in [0.4, 0.5) is 0 Å². The van der Waals surface area contributed by atoms with Gasteiger partial charge in [0.15, 0.2) is 0 Å². The van der Waals surface area contributed by atoms with Crippen LogP contribution < -0.4 is 4.74 Å². The van der Waals surface area contributed by atoms with E-state index in [1.54, 1.807) is 0 Å². The third kappa shape index (κ3) is 3.55. The fraction of sp³-hybridized carbons (Fsp3) is 0.444. The number of amides is 1. The van der Waals surface area contributed by atoms with E-state index in [-0.39, 0.29) is 12.0 Å². The fourth-order valence-electron chi connectivity index (χ4n) is 2.86. The topological polar surface area (TPSA) is 47.4 Å². The number of carbonyl (C=O) groups excluding carboxylic acids is 1. The van der Waals surface area contributed by atoms with Gasteiger partial charge in [-0.3, -0.25) is 4.79 Å². The van der Waals surface area contributed by atoms with Gasteiger partial charge in [-0.25, -0.2) is 4.98 Å². The summed E-state index contributed by atoms with van der Waals surface area (Å²) in [6, 6.07) is 7.40. The van der Waals surface area contributed by atoms with E-state index in [9.17, 15) is 4.79 Å². The van der Waals surface area contributed by atoms with Gasteiger partial charge in [0.2, 0.25) is 0 Å². The number of benzene rings is 1. The van der Waals surface area contributed by atoms with Crippen LogP contribution in [0.2, 0.25) is 0 Å². The van der Waals surface area contributed by atoms with Gasteiger partial charge in [-0.15, -0.1) is 0 Å². The van der Waals surface area contributed by atoms with Crippen LogP contribution in [-0.2, 0) is 6.54 Å². The molecule has 0 unspecified atom stereocenters. The van der Waals surface area contributed by atoms with Gasteiger partial charge in [-0.1, -0.05) is 0 Å². The van der Waals surface area contributed by atoms with Crippen molar-refractivity contribution >= 4 is 5.91 Å². The Kier molecular flexibility index (Phi) is 4.37. The van der Waals surface area contributed by atoms with Crippen LogP contribution in [-0.4, -0.2) is 39.6 Å². The molecule has 1 aliphatic rings. The SMILES string of the molecule is Cc1nccn1CC1CN(C(=O)c2ccc(OC(C)C)cc2)C1. The summed E-state index contributed by atoms with van der Waals surface area (Å²) in [6.07, 6.45) is 3.95. The van der Waals surface area contributed by atoms with Crippen molar-refractivity contribution in [2.24, 2.45) is 5.92 Å². The lowest BCUT2D eigenvalue weighted by molar-refractivity contribution is 0.0467. The molecule has 0 saturated carbocycles. The molecule has 3 rings (SSSR count). The van der Waals surface area contributed by atoms with Crippen LogP contribution in [0, 0.1) is 12.8 Å². The lowest BCUT2D eigenvalue weighted by atomic mass is 9.98. The van der Waals surface area contributed by atoms with Crippen molar-refractivity contribution in [1.82, 2.24) is 14.5 Å². The lowest BCUT2D eigenvalue weighted by Crippen LogP contribution is -2.51. The quantitative estimate of drug-likeness (QED) is 0.853. The smallest absolute Gasteiger partial charge is 0.253 e. The molecule has 0 aliphatic carbocycles. The summed E-state index contributed by atoms with van der Waals surface area (Å²) in [5.74, 6) is 2.43. The number of ether oxygens (including phenoxy) is 1. The predicted octanol–water partition coefficient (Wildman–Crippen LogP) is 2.75. The largest absolute Gasteiger partial charge is 0.491 e. The van der Waals surface area contributed by atoms with Gasteiger partial charge < -0.3 is 14.2 Å². The zero-order valence-electron chi connectivity index (χ0n) is 13.9. The number of rotatable bonds is 5. The van der Waals surface area contributed by atoms with E-state index < -0.39 is 0 Å². The highest BCUT2D eigenvalue weighted by molar-refractivity contribution is 5.94. The molecule has 0 radical (unpaired) electrons. The predicted molar refractivity (Wildman–Crippen MR) is 88.6 cm³/mol. The fourth-order valence-corrected chi connectivity index (χ4v) is 2.86. The van der Waals surface area contributed by atoms with Crippen molar-refractivity contribution < 1.29 is 9.53 Å². The third-order valence-electron chi connectivity index (χ3n) is 4.10. The summed E-state index contributed by atoms with van der Waals surface area (Å²) in [4.78, 5) is 18.6. The third-order valence-corrected chi connectivity index (χ3v) is 4.10. The number of imidazole rings is 1. The van der Waals surface area contributed by atoms with Gasteiger partial charge in [-0.05, 0) is 45.0 Å². The molecule has 0 spiro atoms. The zero-order chi connectivity index (χ0) is 16.4. The number of aromatic nitrogens is 2. The summed E-state index contributed by atoms with van der Waals surface area (Å²) in [5.41, 5.74) is 0.721. The standard InChI is InChI=1S/C18H23N3O2/c1-13(2)23-17-6-4-16(5-7-17)18(22)21-11-15(12-21)10-20-9-8-19-14(20)3/h4-9,13,15H,10-12H2,1-3H3. The molecule has 1 aromatic carbocycles. The van der Waals surface area contributed by atoms with Gasteiger partial charge in [0, 0.05) is 43.5 Å². The average molecular weight is 313 g/mol. The molecule has 2 aromatic rings. The van der Waals surface area contributed by atoms with E-state index in [0.29, 0.717) is 5.92 Å². The van der Waals surface area contributed by atoms with Crippen LogP contribution in [0.3, 0.4) is 0 Å². The van der Waals surface area contributed by atoms with E-state index in [0.717, 1.165) is 36.8 Å². The van der Waals surface area contributed by atoms with E-state index in [4.69, 9.17) is 4.74 Å². The molecule has 1 fully saturated rings. The highest BCUT2D eigenvalue weighted by Crippen LogP contribution is 2.22. The van der Waals surface area contributed by atoms with E-state index in [1.807, 2.05) is 62.3 Å². The average Bonchev–Trinajstić information content (AvgIpc) is 2.87. The molecule has 1 aliphatic heterocycles. The van der Waals surface area contributed by atoms with Crippen LogP contribution in [0.25, 0.3) is 0 Å². The van der Waals surface area contributed by atoms with Crippen molar-refractivity contribution in [2.45, 2.75) is 33.4 Å². The minimum absolute atomic E-state index is 0.0969. The molecular formula is C18H23N3O2. The molecule has 23 heavy (non-hydrogen) atoms. The van der Waals surface area contributed by atoms with Crippen molar-refractivity contribution in [1.29, 1.82) is 0 Å². The summed E-state index contributed by atoms with van der Waals surface area (Å²) >= 11 is 0. The van der Waals surface area contributed by atoms with E-state index in [1.165, 1.54) is 0 Å². The number of likely N-dealkylation sites (tertiary alicyclic amines) is 1. The highest BCUT2D eigenvalue weighted by Gasteiger charge is 2.31. The zero-order valence-corrected chi connectivity index (χ0v) is 13.9. The normalized spacial score (nSPS) is 14.9. The van der Waals surface area contributed by atoms with Crippen molar-refractivity contribution in [3.8, 4) is 5.75 Å². The van der Waals surface area contributed by atoms with Crippen molar-refractivity contribution in [2.75, 3.05) is 13.1 Å². The number of carbonyl (C=O) groups is 1. The molecule has 0 bridgehead atoms. The molecule has 122 valence electrons. The summed E-state index contributed by atoms with van der Waals surface area (Å²) < 4.78 is 7.75. The van der Waals surface area contributed by atoms with Gasteiger partial charge in [0.25, 0.3) is 5.91 Å². The van der Waals surface area contributed by atoms with Gasteiger partial charge in [-0.2, -0.15) is 0 Å². The molecule has 5 nitrogen and oxygen atoms in total. The second kappa shape index (κ2) is 6.44. The van der Waals surface area contributed by atoms with Crippen molar-refractivity contribution in [3.63, 3.8) is 0 Å². The Hall–Kier alpha value is -2.30. The number of nitrogens with zero attached hydrogens (tertiary/aromatic N) is 3. The second-order valence-corrected chi connectivity index (χ2v) is 6.39. The second-order valence-electron chi connectivity index (χ2n) is 6.39. The first kappa shape index (κ1) is 15.6. The van der Waals surface area contributed by atoms with Gasteiger partial charge >= 0.3 is 0 Å². The maximum atomic E-state index is 12.4. The number of aryl methyl sites for hydroxylation is 1. The molecule has 1 amide bonds. The Balaban J connectivity index is 1.53. The first-order valence-electron chi connectivity index (χ1n) is 8.06. The molecular weight excluding hydrogens is 290 g/mol. The molecule has 0 N–H and O–H groups in total. The van der Waals surface area contributed by atoms with Crippen LogP contribution in [0.15, 0.2) is 36.7 Å². The van der Waals surface area contributed by atoms with Gasteiger partial charge in [0.1, 0.15) is 11.6 Å². The Bertz CT molecular complexity index is 670. The monoisotopic (exact) mass is 313 g/mol. The Morgan fingerprint density at radius 2 is 2.00 bits per heavy atom. The van der Waals surface area contributed by atoms with E-state index in [2.05, 4.69) is 9.55 Å². The first-order chi connectivity index (χ1) is 11.0. The lowest BCUT2D eigenvalue weighted by Gasteiger charge is -2.39.